The summed E-state index contributed by atoms with van der Waals surface area (Å²) in [5, 5.41) is 8.48. The van der Waals surface area contributed by atoms with Crippen LogP contribution in [0.2, 0.25) is 5.15 Å². The highest BCUT2D eigenvalue weighted by Gasteiger charge is 2.11. The van der Waals surface area contributed by atoms with Crippen molar-refractivity contribution in [3.8, 4) is 11.5 Å². The molecule has 0 saturated heterocycles. The monoisotopic (exact) mass is 332 g/mol. The number of halogens is 2. The summed E-state index contributed by atoms with van der Waals surface area (Å²) in [6.45, 7) is 1.18. The average molecular weight is 333 g/mol. The molecule has 0 spiro atoms. The van der Waals surface area contributed by atoms with Crippen LogP contribution in [0.3, 0.4) is 0 Å². The van der Waals surface area contributed by atoms with Gasteiger partial charge in [-0.25, -0.2) is 9.37 Å². The topological polar surface area (TPSA) is 55.1 Å². The van der Waals surface area contributed by atoms with E-state index in [1.807, 2.05) is 18.0 Å². The first kappa shape index (κ1) is 15.6. The summed E-state index contributed by atoms with van der Waals surface area (Å²) in [7, 11) is 1.94. The molecule has 0 unspecified atom stereocenters. The maximum Gasteiger partial charge on any atom is 0.247 e. The van der Waals surface area contributed by atoms with Crippen molar-refractivity contribution in [2.75, 3.05) is 7.05 Å². The Kier molecular flexibility index (Phi) is 4.64. The molecule has 0 atom stereocenters. The van der Waals surface area contributed by atoms with E-state index >= 15 is 0 Å². The van der Waals surface area contributed by atoms with E-state index in [2.05, 4.69) is 15.2 Å². The number of hydrogen-bond acceptors (Lipinski definition) is 5. The van der Waals surface area contributed by atoms with Gasteiger partial charge in [0.25, 0.3) is 0 Å². The molecule has 0 N–H and O–H groups in total. The fourth-order valence-corrected chi connectivity index (χ4v) is 2.24. The van der Waals surface area contributed by atoms with Gasteiger partial charge >= 0.3 is 0 Å². The van der Waals surface area contributed by atoms with Crippen LogP contribution in [0.25, 0.3) is 11.5 Å². The van der Waals surface area contributed by atoms with Gasteiger partial charge in [0.15, 0.2) is 0 Å². The molecular weight excluding hydrogens is 319 g/mol. The first-order valence-corrected chi connectivity index (χ1v) is 7.35. The summed E-state index contributed by atoms with van der Waals surface area (Å²) >= 11 is 5.77. The Morgan fingerprint density at radius 3 is 2.57 bits per heavy atom. The maximum absolute atomic E-state index is 12.9. The Bertz CT molecular complexity index is 774. The molecule has 23 heavy (non-hydrogen) atoms. The Labute approximate surface area is 137 Å². The van der Waals surface area contributed by atoms with E-state index in [0.29, 0.717) is 35.6 Å². The van der Waals surface area contributed by atoms with Gasteiger partial charge in [0.05, 0.1) is 6.54 Å². The number of aromatic nitrogens is 3. The molecule has 7 heteroatoms. The lowest BCUT2D eigenvalue weighted by molar-refractivity contribution is 0.282. The van der Waals surface area contributed by atoms with E-state index in [9.17, 15) is 4.39 Å². The normalized spacial score (nSPS) is 11.1. The van der Waals surface area contributed by atoms with Crippen LogP contribution in [-0.2, 0) is 13.1 Å². The zero-order valence-electron chi connectivity index (χ0n) is 12.4. The molecule has 0 bridgehead atoms. The predicted octanol–water partition coefficient (Wildman–Crippen LogP) is 3.56. The molecule has 0 radical (unpaired) electrons. The highest BCUT2D eigenvalue weighted by molar-refractivity contribution is 6.29. The van der Waals surface area contributed by atoms with Gasteiger partial charge in [-0.15, -0.1) is 10.2 Å². The average Bonchev–Trinajstić information content (AvgIpc) is 2.98. The predicted molar refractivity (Wildman–Crippen MR) is 84.1 cm³/mol. The van der Waals surface area contributed by atoms with Crippen molar-refractivity contribution in [1.29, 1.82) is 0 Å². The van der Waals surface area contributed by atoms with Gasteiger partial charge in [-0.3, -0.25) is 4.90 Å². The second-order valence-electron chi connectivity index (χ2n) is 5.17. The first-order valence-electron chi connectivity index (χ1n) is 6.97. The second-order valence-corrected chi connectivity index (χ2v) is 5.56. The van der Waals surface area contributed by atoms with Gasteiger partial charge < -0.3 is 4.42 Å². The largest absolute Gasteiger partial charge is 0.419 e. The van der Waals surface area contributed by atoms with Gasteiger partial charge in [-0.05, 0) is 42.9 Å². The molecule has 5 nitrogen and oxygen atoms in total. The minimum Gasteiger partial charge on any atom is -0.419 e. The Morgan fingerprint density at radius 2 is 1.87 bits per heavy atom. The van der Waals surface area contributed by atoms with E-state index in [-0.39, 0.29) is 5.82 Å². The minimum atomic E-state index is -0.301. The molecule has 2 heterocycles. The molecule has 0 fully saturated rings. The van der Waals surface area contributed by atoms with Crippen LogP contribution in [0.4, 0.5) is 4.39 Å². The number of hydrogen-bond donors (Lipinski definition) is 0. The van der Waals surface area contributed by atoms with Crippen molar-refractivity contribution in [3.63, 3.8) is 0 Å². The molecule has 1 aromatic carbocycles. The lowest BCUT2D eigenvalue weighted by Crippen LogP contribution is -2.17. The van der Waals surface area contributed by atoms with E-state index in [0.717, 1.165) is 5.56 Å². The fraction of sp³-hybridized carbons (Fsp3) is 0.188. The van der Waals surface area contributed by atoms with Crippen LogP contribution in [-0.4, -0.2) is 27.1 Å². The van der Waals surface area contributed by atoms with E-state index < -0.39 is 0 Å². The molecular formula is C16H14ClFN4O. The lowest BCUT2D eigenvalue weighted by atomic mass is 10.2. The summed E-state index contributed by atoms with van der Waals surface area (Å²) in [4.78, 5) is 6.07. The third-order valence-corrected chi connectivity index (χ3v) is 3.43. The smallest absolute Gasteiger partial charge is 0.247 e. The zero-order valence-corrected chi connectivity index (χ0v) is 13.2. The quantitative estimate of drug-likeness (QED) is 0.669. The van der Waals surface area contributed by atoms with E-state index in [4.69, 9.17) is 16.0 Å². The molecule has 0 aliphatic rings. The number of rotatable bonds is 5. The van der Waals surface area contributed by atoms with Crippen molar-refractivity contribution >= 4 is 11.6 Å². The number of benzene rings is 1. The standard InChI is InChI=1S/C16H14ClFN4O/c1-22(9-11-2-7-14(17)19-8-11)10-15-20-21-16(23-15)12-3-5-13(18)6-4-12/h2-8H,9-10H2,1H3. The van der Waals surface area contributed by atoms with Crippen LogP contribution in [0.15, 0.2) is 47.0 Å². The molecule has 0 saturated carbocycles. The van der Waals surface area contributed by atoms with E-state index in [1.165, 1.54) is 12.1 Å². The van der Waals surface area contributed by atoms with Crippen LogP contribution in [0.5, 0.6) is 0 Å². The summed E-state index contributed by atoms with van der Waals surface area (Å²) in [5.74, 6) is 0.570. The van der Waals surface area contributed by atoms with Crippen LogP contribution < -0.4 is 0 Å². The molecule has 0 aliphatic carbocycles. The minimum absolute atomic E-state index is 0.301. The van der Waals surface area contributed by atoms with Crippen molar-refractivity contribution in [2.24, 2.45) is 0 Å². The Balaban J connectivity index is 1.64. The molecule has 3 aromatic rings. The van der Waals surface area contributed by atoms with Crippen LogP contribution in [0, 0.1) is 5.82 Å². The number of pyridine rings is 1. The zero-order chi connectivity index (χ0) is 16.2. The van der Waals surface area contributed by atoms with Gasteiger partial charge in [0, 0.05) is 18.3 Å². The van der Waals surface area contributed by atoms with E-state index in [1.54, 1.807) is 24.4 Å². The Morgan fingerprint density at radius 1 is 1.09 bits per heavy atom. The first-order chi connectivity index (χ1) is 11.1. The number of nitrogens with zero attached hydrogens (tertiary/aromatic N) is 4. The summed E-state index contributed by atoms with van der Waals surface area (Å²) in [6.07, 6.45) is 1.73. The van der Waals surface area contributed by atoms with Crippen LogP contribution >= 0.6 is 11.6 Å². The SMILES string of the molecule is CN(Cc1ccc(Cl)nc1)Cc1nnc(-c2ccc(F)cc2)o1. The fourth-order valence-electron chi connectivity index (χ4n) is 2.13. The maximum atomic E-state index is 12.9. The molecule has 118 valence electrons. The summed E-state index contributed by atoms with van der Waals surface area (Å²) < 4.78 is 18.5. The lowest BCUT2D eigenvalue weighted by Gasteiger charge is -2.13. The van der Waals surface area contributed by atoms with Crippen molar-refractivity contribution in [1.82, 2.24) is 20.1 Å². The Hall–Kier alpha value is -2.31. The molecule has 3 rings (SSSR count). The van der Waals surface area contributed by atoms with Crippen LogP contribution in [0.1, 0.15) is 11.5 Å². The van der Waals surface area contributed by atoms with Gasteiger partial charge in [-0.1, -0.05) is 17.7 Å². The van der Waals surface area contributed by atoms with Crippen molar-refractivity contribution in [3.05, 3.63) is 65.0 Å². The third-order valence-electron chi connectivity index (χ3n) is 3.20. The van der Waals surface area contributed by atoms with Crippen molar-refractivity contribution < 1.29 is 8.81 Å². The second kappa shape index (κ2) is 6.85. The third kappa shape index (κ3) is 4.12. The molecule has 0 aliphatic heterocycles. The van der Waals surface area contributed by atoms with Gasteiger partial charge in [0.1, 0.15) is 11.0 Å². The highest BCUT2D eigenvalue weighted by Crippen LogP contribution is 2.19. The molecule has 0 amide bonds. The van der Waals surface area contributed by atoms with Gasteiger partial charge in [-0.2, -0.15) is 0 Å². The molecule has 2 aromatic heterocycles. The summed E-state index contributed by atoms with van der Waals surface area (Å²) in [6, 6.07) is 9.61. The highest BCUT2D eigenvalue weighted by atomic mass is 35.5. The summed E-state index contributed by atoms with van der Waals surface area (Å²) in [5.41, 5.74) is 1.73. The van der Waals surface area contributed by atoms with Crippen molar-refractivity contribution in [2.45, 2.75) is 13.1 Å². The van der Waals surface area contributed by atoms with Gasteiger partial charge in [0.2, 0.25) is 11.8 Å².